The lowest BCUT2D eigenvalue weighted by atomic mass is 9.78. The van der Waals surface area contributed by atoms with Crippen LogP contribution in [0.2, 0.25) is 0 Å². The second-order valence-electron chi connectivity index (χ2n) is 13.9. The van der Waals surface area contributed by atoms with Crippen molar-refractivity contribution in [3.63, 3.8) is 0 Å². The molecule has 9 nitrogen and oxygen atoms in total. The largest absolute Gasteiger partial charge is 0.481 e. The molecule has 242 valence electrons. The van der Waals surface area contributed by atoms with Gasteiger partial charge in [0.2, 0.25) is 5.95 Å². The van der Waals surface area contributed by atoms with E-state index in [2.05, 4.69) is 71.0 Å². The summed E-state index contributed by atoms with van der Waals surface area (Å²) in [6.45, 7) is 7.71. The quantitative estimate of drug-likeness (QED) is 0.227. The molecule has 0 bridgehead atoms. The molecule has 2 aliphatic carbocycles. The molecule has 45 heavy (non-hydrogen) atoms. The molecule has 0 spiro atoms. The number of fused-ring (bicyclic) bond motifs is 1. The summed E-state index contributed by atoms with van der Waals surface area (Å²) in [5.74, 6) is 2.34. The summed E-state index contributed by atoms with van der Waals surface area (Å²) < 4.78 is 1.89. The van der Waals surface area contributed by atoms with Crippen LogP contribution in [0.15, 0.2) is 42.7 Å². The molecular formula is C36H51N7O2. The lowest BCUT2D eigenvalue weighted by Gasteiger charge is -2.35. The Balaban J connectivity index is 1.30. The van der Waals surface area contributed by atoms with Crippen LogP contribution in [-0.4, -0.2) is 61.4 Å². The fraction of sp³-hybridized carbons (Fsp3) is 0.611. The van der Waals surface area contributed by atoms with Crippen LogP contribution >= 0.6 is 0 Å². The molecule has 2 fully saturated rings. The number of rotatable bonds is 11. The Labute approximate surface area is 268 Å². The highest BCUT2D eigenvalue weighted by Gasteiger charge is 2.32. The summed E-state index contributed by atoms with van der Waals surface area (Å²) >= 11 is 0. The zero-order chi connectivity index (χ0) is 31.3. The molecule has 3 aromatic rings. The topological polar surface area (TPSA) is 108 Å². The van der Waals surface area contributed by atoms with Crippen molar-refractivity contribution in [3.8, 4) is 0 Å². The first-order valence-electron chi connectivity index (χ1n) is 17.3. The maximum atomic E-state index is 11.6. The van der Waals surface area contributed by atoms with E-state index in [4.69, 9.17) is 9.97 Å². The molecule has 3 aliphatic rings. The Hall–Kier alpha value is -3.46. The van der Waals surface area contributed by atoms with Gasteiger partial charge in [-0.05, 0) is 94.1 Å². The van der Waals surface area contributed by atoms with Crippen LogP contribution in [0.3, 0.4) is 0 Å². The number of hydrogen-bond donors (Lipinski definition) is 3. The number of carbonyl (C=O) groups is 1. The number of aliphatic carboxylic acids is 1. The SMILES string of the molecule is CC[C@@H](Nc1nc2c(c(N[C@@H](CN3CCC[C@H](C)C3)c3cnn(C)c3)n1)C[C@H](c1ccccc1)CC2)C1CCC(C(=O)O)CC1. The van der Waals surface area contributed by atoms with E-state index < -0.39 is 5.97 Å². The van der Waals surface area contributed by atoms with Crippen molar-refractivity contribution >= 4 is 17.7 Å². The normalized spacial score (nSPS) is 25.2. The monoisotopic (exact) mass is 613 g/mol. The molecule has 1 saturated carbocycles. The molecule has 9 heteroatoms. The average Bonchev–Trinajstić information content (AvgIpc) is 3.49. The summed E-state index contributed by atoms with van der Waals surface area (Å²) in [7, 11) is 1.98. The number of hydrogen-bond acceptors (Lipinski definition) is 7. The van der Waals surface area contributed by atoms with E-state index in [0.717, 1.165) is 82.5 Å². The van der Waals surface area contributed by atoms with E-state index in [1.54, 1.807) is 0 Å². The van der Waals surface area contributed by atoms with Crippen molar-refractivity contribution < 1.29 is 9.90 Å². The standard InChI is InChI=1S/C36H51N7O2/c1-4-31(26-12-14-27(15-13-26)35(44)45)39-36-40-32-17-16-28(25-10-6-5-7-11-25)19-30(32)34(41-36)38-33(29-20-37-42(3)22-29)23-43-18-8-9-24(2)21-43/h5-7,10-11,20,22,24,26-28,31,33H,4,8-9,12-19,21,23H2,1-3H3,(H,44,45)(H2,38,39,40,41)/t24-,26?,27?,28+,31+,33-/m0/s1. The predicted octanol–water partition coefficient (Wildman–Crippen LogP) is 6.45. The van der Waals surface area contributed by atoms with Crippen LogP contribution in [0, 0.1) is 17.8 Å². The number of likely N-dealkylation sites (tertiary alicyclic amines) is 1. The highest BCUT2D eigenvalue weighted by atomic mass is 16.4. The van der Waals surface area contributed by atoms with E-state index in [-0.39, 0.29) is 18.0 Å². The number of carboxylic acid groups (broad SMARTS) is 1. The van der Waals surface area contributed by atoms with Crippen molar-refractivity contribution in [1.29, 1.82) is 0 Å². The zero-order valence-electron chi connectivity index (χ0n) is 27.3. The second-order valence-corrected chi connectivity index (χ2v) is 13.9. The zero-order valence-corrected chi connectivity index (χ0v) is 27.3. The third-order valence-electron chi connectivity index (χ3n) is 10.6. The highest BCUT2D eigenvalue weighted by Crippen LogP contribution is 2.38. The first-order valence-corrected chi connectivity index (χ1v) is 17.3. The van der Waals surface area contributed by atoms with E-state index in [1.165, 1.54) is 29.5 Å². The van der Waals surface area contributed by atoms with E-state index >= 15 is 0 Å². The summed E-state index contributed by atoms with van der Waals surface area (Å²) in [6, 6.07) is 11.1. The van der Waals surface area contributed by atoms with Crippen molar-refractivity contribution in [2.45, 2.75) is 96.1 Å². The number of benzene rings is 1. The lowest BCUT2D eigenvalue weighted by molar-refractivity contribution is -0.143. The van der Waals surface area contributed by atoms with Gasteiger partial charge in [0.15, 0.2) is 0 Å². The van der Waals surface area contributed by atoms with Gasteiger partial charge in [-0.15, -0.1) is 0 Å². The maximum Gasteiger partial charge on any atom is 0.306 e. The molecule has 1 aromatic carbocycles. The van der Waals surface area contributed by atoms with Crippen molar-refractivity contribution in [2.75, 3.05) is 30.3 Å². The van der Waals surface area contributed by atoms with Gasteiger partial charge >= 0.3 is 5.97 Å². The molecule has 4 atom stereocenters. The molecule has 3 heterocycles. The number of nitrogens with zero attached hydrogens (tertiary/aromatic N) is 5. The van der Waals surface area contributed by atoms with Crippen molar-refractivity contribution in [1.82, 2.24) is 24.6 Å². The van der Waals surface area contributed by atoms with Crippen LogP contribution in [-0.2, 0) is 24.7 Å². The summed E-state index contributed by atoms with van der Waals surface area (Å²) in [6.07, 6.45) is 13.9. The fourth-order valence-electron chi connectivity index (χ4n) is 8.02. The number of aryl methyl sites for hydroxylation is 2. The number of piperidine rings is 1. The van der Waals surface area contributed by atoms with Crippen molar-refractivity contribution in [3.05, 3.63) is 65.1 Å². The Kier molecular flexibility index (Phi) is 10.0. The van der Waals surface area contributed by atoms with Gasteiger partial charge in [-0.1, -0.05) is 44.2 Å². The van der Waals surface area contributed by atoms with Gasteiger partial charge in [-0.3, -0.25) is 9.48 Å². The molecule has 6 rings (SSSR count). The fourth-order valence-corrected chi connectivity index (χ4v) is 8.02. The van der Waals surface area contributed by atoms with Gasteiger partial charge in [-0.25, -0.2) is 4.98 Å². The van der Waals surface area contributed by atoms with Gasteiger partial charge in [0.05, 0.1) is 23.9 Å². The first kappa shape index (κ1) is 31.5. The first-order chi connectivity index (χ1) is 21.9. The number of anilines is 2. The highest BCUT2D eigenvalue weighted by molar-refractivity contribution is 5.70. The summed E-state index contributed by atoms with van der Waals surface area (Å²) in [5, 5.41) is 21.7. The minimum atomic E-state index is -0.654. The van der Waals surface area contributed by atoms with Crippen LogP contribution in [0.25, 0.3) is 0 Å². The number of nitrogens with one attached hydrogen (secondary N) is 2. The van der Waals surface area contributed by atoms with Gasteiger partial charge in [0, 0.05) is 43.5 Å². The smallest absolute Gasteiger partial charge is 0.306 e. The predicted molar refractivity (Wildman–Crippen MR) is 178 cm³/mol. The minimum Gasteiger partial charge on any atom is -0.481 e. The van der Waals surface area contributed by atoms with Crippen LogP contribution in [0.4, 0.5) is 11.8 Å². The molecule has 3 N–H and O–H groups in total. The number of aromatic nitrogens is 4. The Morgan fingerprint density at radius 2 is 1.87 bits per heavy atom. The molecule has 0 amide bonds. The second kappa shape index (κ2) is 14.3. The van der Waals surface area contributed by atoms with Gasteiger partial charge < -0.3 is 20.6 Å². The van der Waals surface area contributed by atoms with Crippen LogP contribution in [0.1, 0.15) is 99.6 Å². The van der Waals surface area contributed by atoms with E-state index in [1.807, 2.05) is 17.9 Å². The Morgan fingerprint density at radius 1 is 1.07 bits per heavy atom. The van der Waals surface area contributed by atoms with E-state index in [0.29, 0.717) is 23.7 Å². The molecule has 0 radical (unpaired) electrons. The lowest BCUT2D eigenvalue weighted by Crippen LogP contribution is -2.39. The summed E-state index contributed by atoms with van der Waals surface area (Å²) in [5.41, 5.74) is 4.93. The molecular weight excluding hydrogens is 562 g/mol. The number of carboxylic acids is 1. The average molecular weight is 614 g/mol. The molecule has 0 unspecified atom stereocenters. The van der Waals surface area contributed by atoms with Crippen molar-refractivity contribution in [2.24, 2.45) is 24.8 Å². The molecule has 1 aliphatic heterocycles. The van der Waals surface area contributed by atoms with Gasteiger partial charge in [-0.2, -0.15) is 10.1 Å². The molecule has 2 aromatic heterocycles. The van der Waals surface area contributed by atoms with Gasteiger partial charge in [0.25, 0.3) is 0 Å². The van der Waals surface area contributed by atoms with Gasteiger partial charge in [0.1, 0.15) is 5.82 Å². The third-order valence-corrected chi connectivity index (χ3v) is 10.6. The Morgan fingerprint density at radius 3 is 2.56 bits per heavy atom. The third kappa shape index (κ3) is 7.68. The van der Waals surface area contributed by atoms with Crippen LogP contribution < -0.4 is 10.6 Å². The van der Waals surface area contributed by atoms with E-state index in [9.17, 15) is 9.90 Å². The van der Waals surface area contributed by atoms with Crippen LogP contribution in [0.5, 0.6) is 0 Å². The summed E-state index contributed by atoms with van der Waals surface area (Å²) in [4.78, 5) is 24.6. The molecule has 1 saturated heterocycles. The Bertz CT molecular complexity index is 1420. The maximum absolute atomic E-state index is 11.6. The minimum absolute atomic E-state index is 0.0567.